The zero-order valence-electron chi connectivity index (χ0n) is 10.0. The van der Waals surface area contributed by atoms with E-state index < -0.39 is 12.0 Å². The van der Waals surface area contributed by atoms with Gasteiger partial charge in [0.25, 0.3) is 0 Å². The number of halogens is 1. The molecule has 0 bridgehead atoms. The SMILES string of the molecule is C#CC1CC(=O)N([C@@H](C(=O)O)c2ccccc2Cl)C1. The Morgan fingerprint density at radius 2 is 2.21 bits per heavy atom. The number of likely N-dealkylation sites (tertiary alicyclic amines) is 1. The van der Waals surface area contributed by atoms with Gasteiger partial charge in [-0.25, -0.2) is 4.79 Å². The molecule has 4 nitrogen and oxygen atoms in total. The standard InChI is InChI=1S/C14H12ClNO3/c1-2-9-7-12(17)16(8-9)13(14(18)19)10-5-3-4-6-11(10)15/h1,3-6,9,13H,7-8H2,(H,18,19)/t9?,13-/m1/s1. The van der Waals surface area contributed by atoms with E-state index in [0.717, 1.165) is 0 Å². The molecule has 1 fully saturated rings. The number of carboxylic acids is 1. The molecule has 0 spiro atoms. The van der Waals surface area contributed by atoms with Crippen molar-refractivity contribution in [2.75, 3.05) is 6.54 Å². The van der Waals surface area contributed by atoms with Crippen LogP contribution in [0.15, 0.2) is 24.3 Å². The van der Waals surface area contributed by atoms with E-state index in [2.05, 4.69) is 5.92 Å². The van der Waals surface area contributed by atoms with Gasteiger partial charge in [0.1, 0.15) is 0 Å². The molecule has 1 N–H and O–H groups in total. The highest BCUT2D eigenvalue weighted by atomic mass is 35.5. The Hall–Kier alpha value is -1.99. The molecule has 0 radical (unpaired) electrons. The van der Waals surface area contributed by atoms with Crippen LogP contribution in [0.2, 0.25) is 5.02 Å². The highest BCUT2D eigenvalue weighted by molar-refractivity contribution is 6.31. The maximum absolute atomic E-state index is 11.9. The Morgan fingerprint density at radius 1 is 1.53 bits per heavy atom. The average Bonchev–Trinajstić information content (AvgIpc) is 2.73. The Labute approximate surface area is 116 Å². The largest absolute Gasteiger partial charge is 0.479 e. The predicted octanol–water partition coefficient (Wildman–Crippen LogP) is 1.95. The molecule has 0 aromatic heterocycles. The van der Waals surface area contributed by atoms with E-state index >= 15 is 0 Å². The minimum atomic E-state index is -1.11. The summed E-state index contributed by atoms with van der Waals surface area (Å²) >= 11 is 6.02. The van der Waals surface area contributed by atoms with Crippen molar-refractivity contribution < 1.29 is 14.7 Å². The number of carboxylic acid groups (broad SMARTS) is 1. The summed E-state index contributed by atoms with van der Waals surface area (Å²) in [7, 11) is 0. The Kier molecular flexibility index (Phi) is 3.77. The van der Waals surface area contributed by atoms with E-state index in [1.54, 1.807) is 24.3 Å². The van der Waals surface area contributed by atoms with Crippen molar-refractivity contribution in [3.63, 3.8) is 0 Å². The van der Waals surface area contributed by atoms with Gasteiger partial charge in [0.05, 0.1) is 0 Å². The van der Waals surface area contributed by atoms with E-state index in [9.17, 15) is 14.7 Å². The quantitative estimate of drug-likeness (QED) is 0.859. The molecule has 98 valence electrons. The van der Waals surface area contributed by atoms with Gasteiger partial charge in [0.15, 0.2) is 6.04 Å². The minimum absolute atomic E-state index is 0.185. The van der Waals surface area contributed by atoms with Crippen LogP contribution in [0, 0.1) is 18.3 Å². The van der Waals surface area contributed by atoms with Crippen LogP contribution in [0.5, 0.6) is 0 Å². The second-order valence-electron chi connectivity index (χ2n) is 4.38. The molecule has 5 heteroatoms. The van der Waals surface area contributed by atoms with Gasteiger partial charge in [-0.2, -0.15) is 0 Å². The van der Waals surface area contributed by atoms with E-state index in [1.165, 1.54) is 4.90 Å². The second-order valence-corrected chi connectivity index (χ2v) is 4.78. The summed E-state index contributed by atoms with van der Waals surface area (Å²) in [4.78, 5) is 24.7. The maximum atomic E-state index is 11.9. The first-order valence-electron chi connectivity index (χ1n) is 5.77. The fraction of sp³-hybridized carbons (Fsp3) is 0.286. The molecule has 0 saturated carbocycles. The van der Waals surface area contributed by atoms with E-state index in [-0.39, 0.29) is 24.8 Å². The van der Waals surface area contributed by atoms with Crippen LogP contribution in [0.25, 0.3) is 0 Å². The average molecular weight is 278 g/mol. The van der Waals surface area contributed by atoms with Crippen LogP contribution in [0.4, 0.5) is 0 Å². The third kappa shape index (κ3) is 2.56. The first kappa shape index (κ1) is 13.4. The molecule has 1 heterocycles. The number of hydrogen-bond donors (Lipinski definition) is 1. The molecular weight excluding hydrogens is 266 g/mol. The van der Waals surface area contributed by atoms with Crippen LogP contribution < -0.4 is 0 Å². The number of amides is 1. The van der Waals surface area contributed by atoms with Gasteiger partial charge in [-0.1, -0.05) is 29.8 Å². The number of rotatable bonds is 3. The number of carbonyl (C=O) groups excluding carboxylic acids is 1. The van der Waals surface area contributed by atoms with Crippen LogP contribution in [0.3, 0.4) is 0 Å². The van der Waals surface area contributed by atoms with Crippen molar-refractivity contribution in [1.29, 1.82) is 0 Å². The van der Waals surface area contributed by atoms with Crippen molar-refractivity contribution in [3.8, 4) is 12.3 Å². The monoisotopic (exact) mass is 277 g/mol. The first-order valence-corrected chi connectivity index (χ1v) is 6.15. The number of aliphatic carboxylic acids is 1. The molecule has 1 unspecified atom stereocenters. The second kappa shape index (κ2) is 5.33. The van der Waals surface area contributed by atoms with Gasteiger partial charge < -0.3 is 10.0 Å². The third-order valence-electron chi connectivity index (χ3n) is 3.14. The lowest BCUT2D eigenvalue weighted by atomic mass is 10.1. The molecule has 1 saturated heterocycles. The van der Waals surface area contributed by atoms with Crippen molar-refractivity contribution in [2.45, 2.75) is 12.5 Å². The summed E-state index contributed by atoms with van der Waals surface area (Å²) in [6.45, 7) is 0.248. The topological polar surface area (TPSA) is 57.6 Å². The highest BCUT2D eigenvalue weighted by Crippen LogP contribution is 2.32. The Morgan fingerprint density at radius 3 is 2.74 bits per heavy atom. The van der Waals surface area contributed by atoms with Gasteiger partial charge in [-0.3, -0.25) is 4.79 Å². The third-order valence-corrected chi connectivity index (χ3v) is 3.48. The summed E-state index contributed by atoms with van der Waals surface area (Å²) in [5.41, 5.74) is 0.405. The number of hydrogen-bond acceptors (Lipinski definition) is 2. The van der Waals surface area contributed by atoms with E-state index in [1.807, 2.05) is 0 Å². The van der Waals surface area contributed by atoms with Crippen molar-refractivity contribution >= 4 is 23.5 Å². The van der Waals surface area contributed by atoms with Gasteiger partial charge in [0.2, 0.25) is 5.91 Å². The van der Waals surface area contributed by atoms with E-state index in [4.69, 9.17) is 18.0 Å². The maximum Gasteiger partial charge on any atom is 0.331 e. The molecule has 19 heavy (non-hydrogen) atoms. The van der Waals surface area contributed by atoms with Crippen LogP contribution in [-0.4, -0.2) is 28.4 Å². The predicted molar refractivity (Wildman–Crippen MR) is 70.5 cm³/mol. The molecule has 0 aliphatic carbocycles. The first-order chi connectivity index (χ1) is 9.04. The fourth-order valence-electron chi connectivity index (χ4n) is 2.22. The summed E-state index contributed by atoms with van der Waals surface area (Å²) in [5.74, 6) is 0.890. The fourth-order valence-corrected chi connectivity index (χ4v) is 2.46. The van der Waals surface area contributed by atoms with Crippen molar-refractivity contribution in [3.05, 3.63) is 34.9 Å². The highest BCUT2D eigenvalue weighted by Gasteiger charge is 2.38. The van der Waals surface area contributed by atoms with E-state index in [0.29, 0.717) is 10.6 Å². The van der Waals surface area contributed by atoms with Crippen LogP contribution in [-0.2, 0) is 9.59 Å². The number of terminal acetylenes is 1. The molecule has 2 atom stereocenters. The van der Waals surface area contributed by atoms with Crippen LogP contribution >= 0.6 is 11.6 Å². The molecule has 1 amide bonds. The molecule has 1 aliphatic heterocycles. The summed E-state index contributed by atoms with van der Waals surface area (Å²) in [6.07, 6.45) is 5.49. The molecule has 1 aliphatic rings. The number of nitrogens with zero attached hydrogens (tertiary/aromatic N) is 1. The lowest BCUT2D eigenvalue weighted by Crippen LogP contribution is -2.35. The molecule has 2 rings (SSSR count). The molecular formula is C14H12ClNO3. The summed E-state index contributed by atoms with van der Waals surface area (Å²) < 4.78 is 0. The summed E-state index contributed by atoms with van der Waals surface area (Å²) in [5, 5.41) is 9.71. The van der Waals surface area contributed by atoms with Gasteiger partial charge >= 0.3 is 5.97 Å². The van der Waals surface area contributed by atoms with Gasteiger partial charge in [-0.05, 0) is 6.07 Å². The van der Waals surface area contributed by atoms with Gasteiger partial charge in [-0.15, -0.1) is 12.3 Å². The van der Waals surface area contributed by atoms with Crippen molar-refractivity contribution in [2.24, 2.45) is 5.92 Å². The zero-order valence-corrected chi connectivity index (χ0v) is 10.8. The molecule has 1 aromatic rings. The van der Waals surface area contributed by atoms with Crippen LogP contribution in [0.1, 0.15) is 18.0 Å². The normalized spacial score (nSPS) is 20.1. The van der Waals surface area contributed by atoms with Gasteiger partial charge in [0, 0.05) is 29.5 Å². The minimum Gasteiger partial charge on any atom is -0.479 e. The molecule has 1 aromatic carbocycles. The lowest BCUT2D eigenvalue weighted by Gasteiger charge is -2.25. The number of benzene rings is 1. The summed E-state index contributed by atoms with van der Waals surface area (Å²) in [6, 6.07) is 5.53. The Balaban J connectivity index is 2.38. The smallest absolute Gasteiger partial charge is 0.331 e. The number of carbonyl (C=O) groups is 2. The lowest BCUT2D eigenvalue weighted by molar-refractivity contribution is -0.148. The Bertz CT molecular complexity index is 564. The van der Waals surface area contributed by atoms with Crippen molar-refractivity contribution in [1.82, 2.24) is 4.90 Å². The zero-order chi connectivity index (χ0) is 14.0.